The molecule has 1 amide bonds. The smallest absolute Gasteiger partial charge is 0.300 e. The lowest BCUT2D eigenvalue weighted by Gasteiger charge is -2.25. The van der Waals surface area contributed by atoms with Crippen molar-refractivity contribution in [3.05, 3.63) is 53.1 Å². The molecule has 0 saturated carbocycles. The lowest BCUT2D eigenvalue weighted by atomic mass is 10.1. The maximum atomic E-state index is 12.8. The largest absolute Gasteiger partial charge is 0.491 e. The summed E-state index contributed by atoms with van der Waals surface area (Å²) in [5.74, 6) is -0.572. The van der Waals surface area contributed by atoms with Gasteiger partial charge in [-0.3, -0.25) is 9.59 Å². The number of nitrogens with zero attached hydrogens (tertiary/aromatic N) is 3. The van der Waals surface area contributed by atoms with Gasteiger partial charge in [0, 0.05) is 31.7 Å². The highest BCUT2D eigenvalue weighted by Gasteiger charge is 2.23. The molecular formula is C18H23ClN4O4. The van der Waals surface area contributed by atoms with Crippen LogP contribution in [0, 0.1) is 0 Å². The fourth-order valence-electron chi connectivity index (χ4n) is 2.08. The van der Waals surface area contributed by atoms with E-state index in [0.717, 1.165) is 12.6 Å². The molecule has 9 heteroatoms. The van der Waals surface area contributed by atoms with Crippen molar-refractivity contribution in [2.45, 2.75) is 19.9 Å². The van der Waals surface area contributed by atoms with E-state index in [9.17, 15) is 4.79 Å². The van der Waals surface area contributed by atoms with Crippen LogP contribution in [0.25, 0.3) is 0 Å². The molecule has 146 valence electrons. The lowest BCUT2D eigenvalue weighted by molar-refractivity contribution is -0.134. The third-order valence-corrected chi connectivity index (χ3v) is 3.72. The number of benzene rings is 1. The van der Waals surface area contributed by atoms with Crippen LogP contribution < -0.4 is 10.5 Å². The Hall–Kier alpha value is -2.71. The van der Waals surface area contributed by atoms with Gasteiger partial charge in [-0.05, 0) is 31.2 Å². The fraction of sp³-hybridized carbons (Fsp3) is 0.333. The number of hydrogen-bond acceptors (Lipinski definition) is 6. The van der Waals surface area contributed by atoms with E-state index in [-0.39, 0.29) is 11.9 Å². The van der Waals surface area contributed by atoms with E-state index in [1.54, 1.807) is 42.4 Å². The topological polar surface area (TPSA) is 119 Å². The summed E-state index contributed by atoms with van der Waals surface area (Å²) in [7, 11) is 1.71. The average Bonchev–Trinajstić information content (AvgIpc) is 2.65. The lowest BCUT2D eigenvalue weighted by Crippen LogP contribution is -2.30. The zero-order valence-electron chi connectivity index (χ0n) is 15.4. The van der Waals surface area contributed by atoms with Crippen LogP contribution in [0.4, 0.5) is 0 Å². The van der Waals surface area contributed by atoms with Gasteiger partial charge < -0.3 is 20.5 Å². The maximum Gasteiger partial charge on any atom is 0.300 e. The number of aromatic nitrogens is 2. The number of carbonyl (C=O) groups is 2. The molecule has 3 N–H and O–H groups in total. The van der Waals surface area contributed by atoms with Crippen molar-refractivity contribution in [1.82, 2.24) is 14.9 Å². The Morgan fingerprint density at radius 3 is 2.59 bits per heavy atom. The first-order valence-corrected chi connectivity index (χ1v) is 8.50. The van der Waals surface area contributed by atoms with Crippen molar-refractivity contribution in [3.63, 3.8) is 0 Å². The Balaban J connectivity index is 0.000000828. The molecule has 0 aliphatic rings. The molecule has 0 aliphatic carbocycles. The molecule has 1 atom stereocenters. The van der Waals surface area contributed by atoms with Gasteiger partial charge in [-0.1, -0.05) is 11.6 Å². The molecule has 0 spiro atoms. The Kier molecular flexibility index (Phi) is 9.18. The molecule has 27 heavy (non-hydrogen) atoms. The number of nitrogens with two attached hydrogens (primary N) is 1. The minimum Gasteiger partial charge on any atom is -0.491 e. The van der Waals surface area contributed by atoms with Crippen LogP contribution in [0.15, 0.2) is 36.8 Å². The number of carboxylic acids is 1. The van der Waals surface area contributed by atoms with Gasteiger partial charge in [0.2, 0.25) is 0 Å². The van der Waals surface area contributed by atoms with Crippen LogP contribution in [0.2, 0.25) is 5.02 Å². The summed E-state index contributed by atoms with van der Waals surface area (Å²) < 4.78 is 5.54. The zero-order chi connectivity index (χ0) is 20.4. The molecule has 0 saturated heterocycles. The van der Waals surface area contributed by atoms with Gasteiger partial charge in [0.25, 0.3) is 11.9 Å². The van der Waals surface area contributed by atoms with Crippen molar-refractivity contribution in [1.29, 1.82) is 0 Å². The first-order valence-electron chi connectivity index (χ1n) is 8.13. The minimum absolute atomic E-state index is 0.203. The van der Waals surface area contributed by atoms with Gasteiger partial charge in [-0.15, -0.1) is 0 Å². The van der Waals surface area contributed by atoms with Crippen LogP contribution in [-0.4, -0.2) is 52.1 Å². The maximum absolute atomic E-state index is 12.8. The first-order chi connectivity index (χ1) is 12.8. The Labute approximate surface area is 162 Å². The van der Waals surface area contributed by atoms with Crippen molar-refractivity contribution >= 4 is 23.5 Å². The quantitative estimate of drug-likeness (QED) is 0.771. The standard InChI is InChI=1S/C16H19ClN4O2.C2H4O2/c1-11(14-5-7-19-10-20-14)21(2)16(22)13-9-12(17)3-4-15(13)23-8-6-18;1-2(3)4/h3-5,7,9-11H,6,8,18H2,1-2H3;1H3,(H,3,4). The van der Waals surface area contributed by atoms with E-state index in [2.05, 4.69) is 9.97 Å². The number of carboxylic acid groups (broad SMARTS) is 1. The number of rotatable bonds is 6. The highest BCUT2D eigenvalue weighted by Crippen LogP contribution is 2.27. The molecule has 8 nitrogen and oxygen atoms in total. The Morgan fingerprint density at radius 2 is 2.04 bits per heavy atom. The highest BCUT2D eigenvalue weighted by molar-refractivity contribution is 6.31. The summed E-state index contributed by atoms with van der Waals surface area (Å²) in [5.41, 5.74) is 6.61. The molecule has 0 radical (unpaired) electrons. The van der Waals surface area contributed by atoms with E-state index in [1.165, 1.54) is 6.33 Å². The van der Waals surface area contributed by atoms with Gasteiger partial charge in [0.05, 0.1) is 17.3 Å². The summed E-state index contributed by atoms with van der Waals surface area (Å²) in [5, 5.41) is 7.89. The average molecular weight is 395 g/mol. The fourth-order valence-corrected chi connectivity index (χ4v) is 2.25. The van der Waals surface area contributed by atoms with Crippen LogP contribution in [0.5, 0.6) is 5.75 Å². The highest BCUT2D eigenvalue weighted by atomic mass is 35.5. The molecule has 1 unspecified atom stereocenters. The van der Waals surface area contributed by atoms with E-state index < -0.39 is 5.97 Å². The SMILES string of the molecule is CC(=O)O.CC(c1ccncn1)N(C)C(=O)c1cc(Cl)ccc1OCCN. The molecule has 1 heterocycles. The van der Waals surface area contributed by atoms with Gasteiger partial charge in [0.15, 0.2) is 0 Å². The molecule has 0 bridgehead atoms. The third kappa shape index (κ3) is 7.20. The summed E-state index contributed by atoms with van der Waals surface area (Å²) >= 11 is 6.02. The molecule has 2 aromatic rings. The van der Waals surface area contributed by atoms with Crippen LogP contribution in [0.3, 0.4) is 0 Å². The monoisotopic (exact) mass is 394 g/mol. The van der Waals surface area contributed by atoms with E-state index >= 15 is 0 Å². The molecule has 1 aromatic heterocycles. The minimum atomic E-state index is -0.833. The number of halogens is 1. The van der Waals surface area contributed by atoms with Crippen molar-refractivity contribution in [2.75, 3.05) is 20.2 Å². The van der Waals surface area contributed by atoms with E-state index in [0.29, 0.717) is 29.5 Å². The van der Waals surface area contributed by atoms with Gasteiger partial charge in [0.1, 0.15) is 18.7 Å². The molecule has 0 aliphatic heterocycles. The van der Waals surface area contributed by atoms with E-state index in [4.69, 9.17) is 32.0 Å². The summed E-state index contributed by atoms with van der Waals surface area (Å²) in [4.78, 5) is 31.5. The van der Waals surface area contributed by atoms with Crippen molar-refractivity contribution < 1.29 is 19.4 Å². The molecule has 2 rings (SSSR count). The zero-order valence-corrected chi connectivity index (χ0v) is 16.2. The predicted octanol–water partition coefficient (Wildman–Crippen LogP) is 2.39. The number of carbonyl (C=O) groups excluding carboxylic acids is 1. The number of hydrogen-bond donors (Lipinski definition) is 2. The second-order valence-electron chi connectivity index (χ2n) is 5.52. The summed E-state index contributed by atoms with van der Waals surface area (Å²) in [6.45, 7) is 3.67. The third-order valence-electron chi connectivity index (χ3n) is 3.48. The summed E-state index contributed by atoms with van der Waals surface area (Å²) in [6, 6.07) is 6.51. The second kappa shape index (κ2) is 11.1. The Morgan fingerprint density at radius 1 is 1.37 bits per heavy atom. The molecule has 0 fully saturated rings. The van der Waals surface area contributed by atoms with Crippen LogP contribution in [-0.2, 0) is 4.79 Å². The van der Waals surface area contributed by atoms with Gasteiger partial charge in [-0.2, -0.15) is 0 Å². The van der Waals surface area contributed by atoms with Crippen LogP contribution >= 0.6 is 11.6 Å². The molecule has 1 aromatic carbocycles. The van der Waals surface area contributed by atoms with Crippen molar-refractivity contribution in [2.24, 2.45) is 5.73 Å². The van der Waals surface area contributed by atoms with Gasteiger partial charge in [-0.25, -0.2) is 9.97 Å². The number of aliphatic carboxylic acids is 1. The Bertz CT molecular complexity index is 754. The normalized spacial score (nSPS) is 11.0. The number of ether oxygens (including phenoxy) is 1. The predicted molar refractivity (Wildman–Crippen MR) is 102 cm³/mol. The van der Waals surface area contributed by atoms with Crippen LogP contribution in [0.1, 0.15) is 35.9 Å². The summed E-state index contributed by atoms with van der Waals surface area (Å²) in [6.07, 6.45) is 3.10. The second-order valence-corrected chi connectivity index (χ2v) is 5.96. The first kappa shape index (κ1) is 22.3. The van der Waals surface area contributed by atoms with Crippen molar-refractivity contribution in [3.8, 4) is 5.75 Å². The van der Waals surface area contributed by atoms with Gasteiger partial charge >= 0.3 is 0 Å². The number of amides is 1. The van der Waals surface area contributed by atoms with E-state index in [1.807, 2.05) is 6.92 Å². The molecular weight excluding hydrogens is 372 g/mol.